The van der Waals surface area contributed by atoms with Crippen LogP contribution in [-0.2, 0) is 16.0 Å². The summed E-state index contributed by atoms with van der Waals surface area (Å²) in [5.41, 5.74) is 1.81. The van der Waals surface area contributed by atoms with Crippen LogP contribution in [0, 0.1) is 11.3 Å². The van der Waals surface area contributed by atoms with Crippen molar-refractivity contribution in [2.75, 3.05) is 40.0 Å². The maximum Gasteiger partial charge on any atom is 0.0521 e. The minimum absolute atomic E-state index is 0.447. The Labute approximate surface area is 127 Å². The molecule has 1 atom stereocenters. The lowest BCUT2D eigenvalue weighted by molar-refractivity contribution is -0.0951. The summed E-state index contributed by atoms with van der Waals surface area (Å²) < 4.78 is 11.1. The van der Waals surface area contributed by atoms with Crippen molar-refractivity contribution < 1.29 is 9.47 Å². The molecule has 1 unspecified atom stereocenters. The quantitative estimate of drug-likeness (QED) is 0.852. The van der Waals surface area contributed by atoms with Crippen molar-refractivity contribution in [3.8, 4) is 0 Å². The first-order valence-corrected chi connectivity index (χ1v) is 8.00. The molecule has 1 aromatic rings. The number of hydrogen-bond acceptors (Lipinski definition) is 4. The number of likely N-dealkylation sites (tertiary alicyclic amines) is 1. The van der Waals surface area contributed by atoms with E-state index in [9.17, 15) is 0 Å². The number of methoxy groups -OCH3 is 1. The van der Waals surface area contributed by atoms with Crippen molar-refractivity contribution in [2.24, 2.45) is 11.3 Å². The summed E-state index contributed by atoms with van der Waals surface area (Å²) >= 11 is 0. The predicted octanol–water partition coefficient (Wildman–Crippen LogP) is 2.35. The zero-order chi connectivity index (χ0) is 14.5. The van der Waals surface area contributed by atoms with Crippen molar-refractivity contribution in [3.63, 3.8) is 0 Å². The lowest BCUT2D eigenvalue weighted by atomic mass is 9.66. The van der Waals surface area contributed by atoms with Crippen LogP contribution < -0.4 is 0 Å². The molecule has 4 heteroatoms. The molecule has 21 heavy (non-hydrogen) atoms. The molecule has 0 radical (unpaired) electrons. The van der Waals surface area contributed by atoms with Crippen LogP contribution in [0.25, 0.3) is 0 Å². The van der Waals surface area contributed by atoms with E-state index in [-0.39, 0.29) is 0 Å². The number of piperidine rings is 1. The smallest absolute Gasteiger partial charge is 0.0521 e. The Bertz CT molecular complexity index is 428. The molecule has 3 rings (SSSR count). The molecule has 116 valence electrons. The number of nitrogens with zero attached hydrogens (tertiary/aromatic N) is 2. The maximum absolute atomic E-state index is 5.68. The molecule has 2 aliphatic rings. The largest absolute Gasteiger partial charge is 0.384 e. The summed E-state index contributed by atoms with van der Waals surface area (Å²) in [6.45, 7) is 6.04. The van der Waals surface area contributed by atoms with Gasteiger partial charge in [0.15, 0.2) is 0 Å². The Morgan fingerprint density at radius 3 is 2.76 bits per heavy atom. The third kappa shape index (κ3) is 3.44. The second-order valence-corrected chi connectivity index (χ2v) is 6.47. The molecular weight excluding hydrogens is 264 g/mol. The molecule has 1 aromatic heterocycles. The number of pyridine rings is 1. The van der Waals surface area contributed by atoms with E-state index >= 15 is 0 Å². The molecule has 0 bridgehead atoms. The average molecular weight is 290 g/mol. The van der Waals surface area contributed by atoms with Gasteiger partial charge < -0.3 is 9.47 Å². The number of ether oxygens (including phenoxy) is 2. The Balaban J connectivity index is 1.58. The Morgan fingerprint density at radius 2 is 2.05 bits per heavy atom. The van der Waals surface area contributed by atoms with Gasteiger partial charge in [-0.2, -0.15) is 0 Å². The third-order valence-electron chi connectivity index (χ3n) is 5.30. The fourth-order valence-corrected chi connectivity index (χ4v) is 3.87. The average Bonchev–Trinajstić information content (AvgIpc) is 2.53. The molecular formula is C17H26N2O2. The minimum Gasteiger partial charge on any atom is -0.384 e. The van der Waals surface area contributed by atoms with Gasteiger partial charge in [-0.3, -0.25) is 9.88 Å². The molecule has 0 aliphatic carbocycles. The number of hydrogen-bond donors (Lipinski definition) is 0. The summed E-state index contributed by atoms with van der Waals surface area (Å²) in [6, 6.07) is 4.24. The van der Waals surface area contributed by atoms with Gasteiger partial charge in [-0.25, -0.2) is 0 Å². The zero-order valence-corrected chi connectivity index (χ0v) is 13.0. The molecule has 0 amide bonds. The highest BCUT2D eigenvalue weighted by Gasteiger charge is 2.43. The molecule has 2 saturated heterocycles. The van der Waals surface area contributed by atoms with Gasteiger partial charge in [-0.05, 0) is 55.5 Å². The monoisotopic (exact) mass is 290 g/mol. The highest BCUT2D eigenvalue weighted by molar-refractivity contribution is 5.09. The lowest BCUT2D eigenvalue weighted by Crippen LogP contribution is -2.49. The van der Waals surface area contributed by atoms with Gasteiger partial charge in [0.2, 0.25) is 0 Å². The van der Waals surface area contributed by atoms with Crippen LogP contribution in [-0.4, -0.2) is 49.9 Å². The van der Waals surface area contributed by atoms with E-state index in [0.717, 1.165) is 26.4 Å². The highest BCUT2D eigenvalue weighted by atomic mass is 16.5. The van der Waals surface area contributed by atoms with Crippen LogP contribution in [0.3, 0.4) is 0 Å². The van der Waals surface area contributed by atoms with Crippen molar-refractivity contribution in [2.45, 2.75) is 25.8 Å². The fraction of sp³-hybridized carbons (Fsp3) is 0.706. The van der Waals surface area contributed by atoms with E-state index in [1.54, 1.807) is 7.11 Å². The standard InChI is InChI=1S/C17H26N2O2/c1-20-13-16-14-21-11-6-17(16)4-9-19(10-5-17)12-15-2-7-18-8-3-15/h2-3,7-8,16H,4-6,9-14H2,1H3. The summed E-state index contributed by atoms with van der Waals surface area (Å²) in [4.78, 5) is 6.66. The molecule has 2 fully saturated rings. The third-order valence-corrected chi connectivity index (χ3v) is 5.30. The zero-order valence-electron chi connectivity index (χ0n) is 13.0. The molecule has 0 aromatic carbocycles. The van der Waals surface area contributed by atoms with Crippen molar-refractivity contribution in [1.29, 1.82) is 0 Å². The Kier molecular flexibility index (Phi) is 4.88. The van der Waals surface area contributed by atoms with Gasteiger partial charge in [0.05, 0.1) is 13.2 Å². The van der Waals surface area contributed by atoms with E-state index in [0.29, 0.717) is 11.3 Å². The van der Waals surface area contributed by atoms with Crippen LogP contribution in [0.4, 0.5) is 0 Å². The SMILES string of the molecule is COCC1COCCC12CCN(Cc1ccncc1)CC2. The van der Waals surface area contributed by atoms with Crippen molar-refractivity contribution >= 4 is 0 Å². The maximum atomic E-state index is 5.68. The lowest BCUT2D eigenvalue weighted by Gasteiger charge is -2.49. The Morgan fingerprint density at radius 1 is 1.29 bits per heavy atom. The normalized spacial score (nSPS) is 26.0. The van der Waals surface area contributed by atoms with E-state index in [1.807, 2.05) is 12.4 Å². The van der Waals surface area contributed by atoms with E-state index in [1.165, 1.54) is 37.9 Å². The molecule has 0 saturated carbocycles. The fourth-order valence-electron chi connectivity index (χ4n) is 3.87. The topological polar surface area (TPSA) is 34.6 Å². The number of aromatic nitrogens is 1. The van der Waals surface area contributed by atoms with Gasteiger partial charge in [0, 0.05) is 38.6 Å². The summed E-state index contributed by atoms with van der Waals surface area (Å²) in [7, 11) is 1.81. The van der Waals surface area contributed by atoms with E-state index < -0.39 is 0 Å². The number of rotatable bonds is 4. The van der Waals surface area contributed by atoms with Crippen molar-refractivity contribution in [3.05, 3.63) is 30.1 Å². The van der Waals surface area contributed by atoms with Crippen LogP contribution in [0.1, 0.15) is 24.8 Å². The van der Waals surface area contributed by atoms with Gasteiger partial charge in [0.1, 0.15) is 0 Å². The Hall–Kier alpha value is -0.970. The van der Waals surface area contributed by atoms with Gasteiger partial charge in [0.25, 0.3) is 0 Å². The van der Waals surface area contributed by atoms with Crippen LogP contribution in [0.15, 0.2) is 24.5 Å². The molecule has 2 aliphatic heterocycles. The highest BCUT2D eigenvalue weighted by Crippen LogP contribution is 2.44. The van der Waals surface area contributed by atoms with Crippen LogP contribution in [0.2, 0.25) is 0 Å². The molecule has 0 N–H and O–H groups in total. The predicted molar refractivity (Wildman–Crippen MR) is 82.0 cm³/mol. The van der Waals surface area contributed by atoms with Gasteiger partial charge in [-0.1, -0.05) is 0 Å². The summed E-state index contributed by atoms with van der Waals surface area (Å²) in [6.07, 6.45) is 7.51. The summed E-state index contributed by atoms with van der Waals surface area (Å²) in [5, 5.41) is 0. The van der Waals surface area contributed by atoms with Crippen molar-refractivity contribution in [1.82, 2.24) is 9.88 Å². The van der Waals surface area contributed by atoms with E-state index in [4.69, 9.17) is 9.47 Å². The van der Waals surface area contributed by atoms with Crippen LogP contribution >= 0.6 is 0 Å². The first kappa shape index (κ1) is 14.9. The van der Waals surface area contributed by atoms with E-state index in [2.05, 4.69) is 22.0 Å². The second-order valence-electron chi connectivity index (χ2n) is 6.47. The first-order chi connectivity index (χ1) is 10.3. The van der Waals surface area contributed by atoms with Gasteiger partial charge in [-0.15, -0.1) is 0 Å². The first-order valence-electron chi connectivity index (χ1n) is 8.00. The minimum atomic E-state index is 0.447. The van der Waals surface area contributed by atoms with Crippen LogP contribution in [0.5, 0.6) is 0 Å². The molecule has 4 nitrogen and oxygen atoms in total. The second kappa shape index (κ2) is 6.86. The molecule has 1 spiro atoms. The molecule has 3 heterocycles. The van der Waals surface area contributed by atoms with Gasteiger partial charge >= 0.3 is 0 Å². The summed E-state index contributed by atoms with van der Waals surface area (Å²) in [5.74, 6) is 0.569.